The maximum Gasteiger partial charge on any atom is 0.419 e. The van der Waals surface area contributed by atoms with Crippen LogP contribution in [0.3, 0.4) is 0 Å². The Balaban J connectivity index is 2.02. The summed E-state index contributed by atoms with van der Waals surface area (Å²) >= 11 is 0. The molecule has 3 rings (SSSR count). The summed E-state index contributed by atoms with van der Waals surface area (Å²) in [7, 11) is 1.45. The van der Waals surface area contributed by atoms with Crippen molar-refractivity contribution in [3.8, 4) is 0 Å². The second-order valence-corrected chi connectivity index (χ2v) is 5.90. The number of benzene rings is 1. The summed E-state index contributed by atoms with van der Waals surface area (Å²) in [6.07, 6.45) is -2.38. The minimum Gasteiger partial charge on any atom is -0.355 e. The van der Waals surface area contributed by atoms with Gasteiger partial charge in [-0.1, -0.05) is 12.1 Å². The molecule has 0 fully saturated rings. The summed E-state index contributed by atoms with van der Waals surface area (Å²) in [5, 5.41) is 14.7. The zero-order valence-electron chi connectivity index (χ0n) is 15.0. The number of hydrogen-bond acceptors (Lipinski definition) is 5. The fraction of sp³-hybridized carbons (Fsp3) is 0.167. The predicted molar refractivity (Wildman–Crippen MR) is 99.0 cm³/mol. The van der Waals surface area contributed by atoms with E-state index in [4.69, 9.17) is 0 Å². The van der Waals surface area contributed by atoms with Crippen LogP contribution >= 0.6 is 0 Å². The molecule has 146 valence electrons. The minimum absolute atomic E-state index is 0.192. The number of nitrogens with zero attached hydrogens (tertiary/aromatic N) is 2. The van der Waals surface area contributed by atoms with Gasteiger partial charge in [-0.05, 0) is 19.1 Å². The first kappa shape index (κ1) is 19.2. The molecule has 1 aromatic carbocycles. The molecule has 0 atom stereocenters. The van der Waals surface area contributed by atoms with E-state index in [0.717, 1.165) is 6.20 Å². The summed E-state index contributed by atoms with van der Waals surface area (Å²) in [5.74, 6) is -0.226. The Morgan fingerprint density at radius 1 is 1.07 bits per heavy atom. The molecule has 0 aliphatic carbocycles. The summed E-state index contributed by atoms with van der Waals surface area (Å²) in [5.41, 5.74) is 0.570. The van der Waals surface area contributed by atoms with Gasteiger partial charge in [0.1, 0.15) is 5.82 Å². The number of hydrogen-bond donors (Lipinski definition) is 4. The largest absolute Gasteiger partial charge is 0.419 e. The number of amides is 1. The molecule has 2 aromatic heterocycles. The second-order valence-electron chi connectivity index (χ2n) is 5.90. The van der Waals surface area contributed by atoms with E-state index in [1.807, 2.05) is 0 Å². The van der Waals surface area contributed by atoms with Crippen molar-refractivity contribution in [2.45, 2.75) is 13.1 Å². The van der Waals surface area contributed by atoms with Gasteiger partial charge >= 0.3 is 6.18 Å². The van der Waals surface area contributed by atoms with Crippen LogP contribution in [0.5, 0.6) is 0 Å². The molecular formula is C18H17F3N6O. The third kappa shape index (κ3) is 4.05. The van der Waals surface area contributed by atoms with Gasteiger partial charge in [0.15, 0.2) is 0 Å². The Kier molecular flexibility index (Phi) is 5.21. The number of aryl methyl sites for hydroxylation is 1. The number of nitrogens with one attached hydrogen (secondary N) is 4. The predicted octanol–water partition coefficient (Wildman–Crippen LogP) is 3.98. The number of pyridine rings is 1. The number of carbonyl (C=O) groups is 1. The number of rotatable bonds is 5. The Bertz CT molecular complexity index is 999. The van der Waals surface area contributed by atoms with Gasteiger partial charge < -0.3 is 16.0 Å². The molecule has 0 bridgehead atoms. The lowest BCUT2D eigenvalue weighted by Crippen LogP contribution is -2.19. The van der Waals surface area contributed by atoms with E-state index >= 15 is 0 Å². The summed E-state index contributed by atoms with van der Waals surface area (Å²) in [4.78, 5) is 15.9. The van der Waals surface area contributed by atoms with E-state index in [9.17, 15) is 18.0 Å². The monoisotopic (exact) mass is 390 g/mol. The summed E-state index contributed by atoms with van der Waals surface area (Å²) in [6.45, 7) is 1.76. The van der Waals surface area contributed by atoms with Crippen LogP contribution in [-0.2, 0) is 6.18 Å². The highest BCUT2D eigenvalue weighted by molar-refractivity contribution is 6.00. The van der Waals surface area contributed by atoms with Crippen LogP contribution in [0.4, 0.5) is 36.1 Å². The van der Waals surface area contributed by atoms with Crippen molar-refractivity contribution in [1.82, 2.24) is 20.5 Å². The molecule has 0 saturated carbocycles. The average molecular weight is 390 g/mol. The molecular weight excluding hydrogens is 373 g/mol. The van der Waals surface area contributed by atoms with Crippen molar-refractivity contribution in [2.75, 3.05) is 17.7 Å². The van der Waals surface area contributed by atoms with E-state index in [2.05, 4.69) is 31.1 Å². The Labute approximate surface area is 158 Å². The minimum atomic E-state index is -4.62. The molecule has 7 nitrogen and oxygen atoms in total. The Morgan fingerprint density at radius 3 is 2.46 bits per heavy atom. The molecule has 0 radical (unpaired) electrons. The fourth-order valence-electron chi connectivity index (χ4n) is 2.54. The zero-order valence-corrected chi connectivity index (χ0v) is 15.0. The molecule has 28 heavy (non-hydrogen) atoms. The SMILES string of the molecule is CNC(=O)c1ccccc1Nc1cc(Nc2cn[nH]c2C)ncc1C(F)(F)F. The highest BCUT2D eigenvalue weighted by Gasteiger charge is 2.34. The van der Waals surface area contributed by atoms with Crippen LogP contribution in [0.1, 0.15) is 21.6 Å². The number of aromatic nitrogens is 3. The third-order valence-corrected chi connectivity index (χ3v) is 3.97. The first-order valence-electron chi connectivity index (χ1n) is 8.22. The standard InChI is InChI=1S/C18H17F3N6O/c1-10-15(9-24-27-10)26-16-7-14(12(8-23-16)18(19,20)21)25-13-6-4-3-5-11(13)17(28)22-2/h3-9H,1-2H3,(H,22,28)(H,24,27)(H2,23,25,26). The molecule has 0 aliphatic heterocycles. The average Bonchev–Trinajstić information content (AvgIpc) is 3.05. The summed E-state index contributed by atoms with van der Waals surface area (Å²) < 4.78 is 40.4. The van der Waals surface area contributed by atoms with Crippen LogP contribution in [-0.4, -0.2) is 28.1 Å². The van der Waals surface area contributed by atoms with Gasteiger partial charge in [-0.25, -0.2) is 4.98 Å². The van der Waals surface area contributed by atoms with Crippen LogP contribution in [0.15, 0.2) is 42.7 Å². The highest BCUT2D eigenvalue weighted by atomic mass is 19.4. The van der Waals surface area contributed by atoms with Gasteiger partial charge in [-0.2, -0.15) is 18.3 Å². The lowest BCUT2D eigenvalue weighted by molar-refractivity contribution is -0.137. The Morgan fingerprint density at radius 2 is 1.82 bits per heavy atom. The quantitative estimate of drug-likeness (QED) is 0.529. The topological polar surface area (TPSA) is 94.7 Å². The summed E-state index contributed by atoms with van der Waals surface area (Å²) in [6, 6.07) is 7.52. The number of para-hydroxylation sites is 1. The van der Waals surface area contributed by atoms with Crippen molar-refractivity contribution in [2.24, 2.45) is 0 Å². The number of aromatic amines is 1. The molecule has 2 heterocycles. The molecule has 1 amide bonds. The molecule has 0 unspecified atom stereocenters. The number of anilines is 4. The molecule has 0 spiro atoms. The van der Waals surface area contributed by atoms with Crippen LogP contribution in [0.2, 0.25) is 0 Å². The number of alkyl halides is 3. The first-order valence-corrected chi connectivity index (χ1v) is 8.22. The van der Waals surface area contributed by atoms with Gasteiger partial charge in [0, 0.05) is 19.3 Å². The van der Waals surface area contributed by atoms with E-state index in [1.165, 1.54) is 31.4 Å². The maximum atomic E-state index is 13.5. The van der Waals surface area contributed by atoms with Crippen LogP contribution < -0.4 is 16.0 Å². The van der Waals surface area contributed by atoms with Crippen molar-refractivity contribution in [1.29, 1.82) is 0 Å². The van der Waals surface area contributed by atoms with E-state index < -0.39 is 17.6 Å². The first-order chi connectivity index (χ1) is 13.3. The van der Waals surface area contributed by atoms with Crippen molar-refractivity contribution in [3.63, 3.8) is 0 Å². The van der Waals surface area contributed by atoms with Crippen molar-refractivity contribution in [3.05, 3.63) is 59.5 Å². The molecule has 10 heteroatoms. The van der Waals surface area contributed by atoms with Gasteiger partial charge in [0.05, 0.1) is 40.1 Å². The molecule has 4 N–H and O–H groups in total. The number of carbonyl (C=O) groups excluding carboxylic acids is 1. The van der Waals surface area contributed by atoms with E-state index in [1.54, 1.807) is 19.1 Å². The second kappa shape index (κ2) is 7.59. The third-order valence-electron chi connectivity index (χ3n) is 3.97. The van der Waals surface area contributed by atoms with E-state index in [0.29, 0.717) is 11.4 Å². The molecule has 0 saturated heterocycles. The van der Waals surface area contributed by atoms with Gasteiger partial charge in [-0.15, -0.1) is 0 Å². The fourth-order valence-corrected chi connectivity index (χ4v) is 2.54. The van der Waals surface area contributed by atoms with Gasteiger partial charge in [-0.3, -0.25) is 9.89 Å². The molecule has 0 aliphatic rings. The van der Waals surface area contributed by atoms with Crippen LogP contribution in [0.25, 0.3) is 0 Å². The van der Waals surface area contributed by atoms with Gasteiger partial charge in [0.2, 0.25) is 0 Å². The maximum absolute atomic E-state index is 13.5. The lowest BCUT2D eigenvalue weighted by atomic mass is 10.1. The lowest BCUT2D eigenvalue weighted by Gasteiger charge is -2.17. The van der Waals surface area contributed by atoms with Crippen molar-refractivity contribution < 1.29 is 18.0 Å². The molecule has 3 aromatic rings. The number of halogens is 3. The Hall–Kier alpha value is -3.56. The van der Waals surface area contributed by atoms with Gasteiger partial charge in [0.25, 0.3) is 5.91 Å². The van der Waals surface area contributed by atoms with E-state index in [-0.39, 0.29) is 22.8 Å². The van der Waals surface area contributed by atoms with Crippen LogP contribution in [0, 0.1) is 6.92 Å². The van der Waals surface area contributed by atoms with Crippen molar-refractivity contribution >= 4 is 28.8 Å². The highest BCUT2D eigenvalue weighted by Crippen LogP contribution is 2.37. The number of H-pyrrole nitrogens is 1. The smallest absolute Gasteiger partial charge is 0.355 e. The zero-order chi connectivity index (χ0) is 20.3. The normalized spacial score (nSPS) is 11.2.